The van der Waals surface area contributed by atoms with E-state index in [1.54, 1.807) is 0 Å². The van der Waals surface area contributed by atoms with E-state index in [2.05, 4.69) is 18.2 Å². The van der Waals surface area contributed by atoms with Gasteiger partial charge in [0.15, 0.2) is 0 Å². The molecule has 0 amide bonds. The van der Waals surface area contributed by atoms with Crippen molar-refractivity contribution in [2.75, 3.05) is 0 Å². The van der Waals surface area contributed by atoms with Crippen LogP contribution in [0, 0.1) is 5.41 Å². The molecular formula is C13H14N2. The average Bonchev–Trinajstić information content (AvgIpc) is 2.30. The van der Waals surface area contributed by atoms with Gasteiger partial charge in [0.05, 0.1) is 0 Å². The van der Waals surface area contributed by atoms with Gasteiger partial charge in [0.25, 0.3) is 0 Å². The fourth-order valence-corrected chi connectivity index (χ4v) is 1.77. The third-order valence-electron chi connectivity index (χ3n) is 2.64. The summed E-state index contributed by atoms with van der Waals surface area (Å²) in [7, 11) is 0. The van der Waals surface area contributed by atoms with Crippen LogP contribution in [-0.4, -0.2) is 5.84 Å². The Bertz CT molecular complexity index is 415. The van der Waals surface area contributed by atoms with Gasteiger partial charge in [0.1, 0.15) is 5.84 Å². The van der Waals surface area contributed by atoms with Crippen LogP contribution in [0.15, 0.2) is 54.1 Å². The van der Waals surface area contributed by atoms with Crippen LogP contribution < -0.4 is 5.73 Å². The van der Waals surface area contributed by atoms with Crippen LogP contribution in [0.4, 0.5) is 0 Å². The van der Waals surface area contributed by atoms with Gasteiger partial charge in [-0.25, -0.2) is 0 Å². The number of nitrogens with two attached hydrogens (primary N) is 1. The van der Waals surface area contributed by atoms with Crippen molar-refractivity contribution in [3.8, 4) is 0 Å². The van der Waals surface area contributed by atoms with Gasteiger partial charge in [-0.2, -0.15) is 0 Å². The first-order valence-electron chi connectivity index (χ1n) is 5.05. The van der Waals surface area contributed by atoms with Crippen molar-refractivity contribution in [2.24, 2.45) is 5.73 Å². The molecule has 0 spiro atoms. The minimum absolute atomic E-state index is 0.151. The molecule has 1 aliphatic carbocycles. The molecular weight excluding hydrogens is 184 g/mol. The van der Waals surface area contributed by atoms with Gasteiger partial charge in [-0.1, -0.05) is 48.6 Å². The minimum atomic E-state index is 0.151. The lowest BCUT2D eigenvalue weighted by molar-refractivity contribution is 0.849. The highest BCUT2D eigenvalue weighted by atomic mass is 14.7. The summed E-state index contributed by atoms with van der Waals surface area (Å²) in [5.74, 6) is 0.576. The van der Waals surface area contributed by atoms with Crippen molar-refractivity contribution >= 4 is 5.84 Å². The van der Waals surface area contributed by atoms with Crippen molar-refractivity contribution in [1.29, 1.82) is 5.41 Å². The van der Waals surface area contributed by atoms with Crippen molar-refractivity contribution in [1.82, 2.24) is 0 Å². The maximum atomic E-state index is 7.32. The third kappa shape index (κ3) is 2.15. The summed E-state index contributed by atoms with van der Waals surface area (Å²) >= 11 is 0. The predicted molar refractivity (Wildman–Crippen MR) is 62.9 cm³/mol. The lowest BCUT2D eigenvalue weighted by Crippen LogP contribution is -2.13. The van der Waals surface area contributed by atoms with E-state index in [4.69, 9.17) is 11.1 Å². The number of benzene rings is 1. The summed E-state index contributed by atoms with van der Waals surface area (Å²) in [5.41, 5.74) is 7.56. The Labute approximate surface area is 89.6 Å². The molecule has 15 heavy (non-hydrogen) atoms. The Morgan fingerprint density at radius 2 is 2.00 bits per heavy atom. The minimum Gasteiger partial charge on any atom is -0.384 e. The predicted octanol–water partition coefficient (Wildman–Crippen LogP) is 2.59. The third-order valence-corrected chi connectivity index (χ3v) is 2.64. The molecule has 1 unspecified atom stereocenters. The van der Waals surface area contributed by atoms with Crippen molar-refractivity contribution < 1.29 is 0 Å². The number of amidine groups is 1. The SMILES string of the molecule is N=C(N)C1=CCC(c2ccccc2)C=C1. The molecule has 1 aromatic carbocycles. The molecule has 2 nitrogen and oxygen atoms in total. The number of allylic oxidation sites excluding steroid dienone is 2. The molecule has 76 valence electrons. The van der Waals surface area contributed by atoms with Gasteiger partial charge >= 0.3 is 0 Å². The van der Waals surface area contributed by atoms with Crippen molar-refractivity contribution in [2.45, 2.75) is 12.3 Å². The summed E-state index contributed by atoms with van der Waals surface area (Å²) in [6, 6.07) is 10.4. The van der Waals surface area contributed by atoms with Gasteiger partial charge in [-0.3, -0.25) is 5.41 Å². The zero-order chi connectivity index (χ0) is 10.7. The summed E-state index contributed by atoms with van der Waals surface area (Å²) in [5, 5.41) is 7.32. The van der Waals surface area contributed by atoms with E-state index in [9.17, 15) is 0 Å². The Hall–Kier alpha value is -1.83. The quantitative estimate of drug-likeness (QED) is 0.557. The highest BCUT2D eigenvalue weighted by molar-refractivity contribution is 5.97. The fraction of sp³-hybridized carbons (Fsp3) is 0.154. The molecule has 0 heterocycles. The second kappa shape index (κ2) is 4.13. The molecule has 0 saturated heterocycles. The average molecular weight is 198 g/mol. The van der Waals surface area contributed by atoms with E-state index in [-0.39, 0.29) is 5.84 Å². The largest absolute Gasteiger partial charge is 0.384 e. The molecule has 1 aromatic rings. The van der Waals surface area contributed by atoms with Crippen LogP contribution >= 0.6 is 0 Å². The van der Waals surface area contributed by atoms with Gasteiger partial charge in [0, 0.05) is 11.5 Å². The van der Waals surface area contributed by atoms with Crippen LogP contribution in [0.25, 0.3) is 0 Å². The molecule has 1 atom stereocenters. The van der Waals surface area contributed by atoms with E-state index in [0.29, 0.717) is 5.92 Å². The maximum absolute atomic E-state index is 7.32. The highest BCUT2D eigenvalue weighted by Gasteiger charge is 2.11. The standard InChI is InChI=1S/C13H14N2/c14-13(15)12-8-6-11(7-9-12)10-4-2-1-3-5-10/h1-6,8-9,11H,7H2,(H3,14,15). The molecule has 2 heteroatoms. The summed E-state index contributed by atoms with van der Waals surface area (Å²) in [4.78, 5) is 0. The highest BCUT2D eigenvalue weighted by Crippen LogP contribution is 2.26. The molecule has 0 radical (unpaired) electrons. The Morgan fingerprint density at radius 3 is 2.53 bits per heavy atom. The first kappa shape index (κ1) is 9.71. The second-order valence-electron chi connectivity index (χ2n) is 3.69. The van der Waals surface area contributed by atoms with E-state index in [0.717, 1.165) is 12.0 Å². The first-order chi connectivity index (χ1) is 7.27. The smallest absolute Gasteiger partial charge is 0.122 e. The Kier molecular flexibility index (Phi) is 2.68. The van der Waals surface area contributed by atoms with Crippen LogP contribution in [-0.2, 0) is 0 Å². The van der Waals surface area contributed by atoms with Crippen molar-refractivity contribution in [3.63, 3.8) is 0 Å². The van der Waals surface area contributed by atoms with E-state index in [1.807, 2.05) is 30.4 Å². The van der Waals surface area contributed by atoms with E-state index in [1.165, 1.54) is 5.56 Å². The molecule has 2 rings (SSSR count). The van der Waals surface area contributed by atoms with Gasteiger partial charge in [0.2, 0.25) is 0 Å². The monoisotopic (exact) mass is 198 g/mol. The summed E-state index contributed by atoms with van der Waals surface area (Å²) in [6.07, 6.45) is 7.00. The number of hydrogen-bond acceptors (Lipinski definition) is 1. The fourth-order valence-electron chi connectivity index (χ4n) is 1.77. The first-order valence-corrected chi connectivity index (χ1v) is 5.05. The van der Waals surface area contributed by atoms with Crippen LogP contribution in [0.2, 0.25) is 0 Å². The van der Waals surface area contributed by atoms with E-state index >= 15 is 0 Å². The molecule has 0 bridgehead atoms. The van der Waals surface area contributed by atoms with Crippen LogP contribution in [0.1, 0.15) is 17.9 Å². The van der Waals surface area contributed by atoms with Gasteiger partial charge < -0.3 is 5.73 Å². The van der Waals surface area contributed by atoms with Crippen LogP contribution in [0.5, 0.6) is 0 Å². The van der Waals surface area contributed by atoms with Crippen LogP contribution in [0.3, 0.4) is 0 Å². The topological polar surface area (TPSA) is 49.9 Å². The van der Waals surface area contributed by atoms with Crippen molar-refractivity contribution in [3.05, 3.63) is 59.7 Å². The second-order valence-corrected chi connectivity index (χ2v) is 3.69. The van der Waals surface area contributed by atoms with E-state index < -0.39 is 0 Å². The summed E-state index contributed by atoms with van der Waals surface area (Å²) < 4.78 is 0. The molecule has 0 aliphatic heterocycles. The lowest BCUT2D eigenvalue weighted by Gasteiger charge is -2.15. The number of rotatable bonds is 2. The Balaban J connectivity index is 2.14. The van der Waals surface area contributed by atoms with Gasteiger partial charge in [-0.05, 0) is 12.0 Å². The molecule has 3 N–H and O–H groups in total. The summed E-state index contributed by atoms with van der Waals surface area (Å²) in [6.45, 7) is 0. The molecule has 0 aromatic heterocycles. The normalized spacial score (nSPS) is 19.7. The number of hydrogen-bond donors (Lipinski definition) is 2. The molecule has 1 aliphatic rings. The maximum Gasteiger partial charge on any atom is 0.122 e. The number of nitrogens with one attached hydrogen (secondary N) is 1. The zero-order valence-corrected chi connectivity index (χ0v) is 8.48. The van der Waals surface area contributed by atoms with Gasteiger partial charge in [-0.15, -0.1) is 0 Å². The lowest BCUT2D eigenvalue weighted by atomic mass is 9.90. The zero-order valence-electron chi connectivity index (χ0n) is 8.48. The Morgan fingerprint density at radius 1 is 1.27 bits per heavy atom. The molecule has 0 saturated carbocycles. The molecule has 0 fully saturated rings.